The van der Waals surface area contributed by atoms with Gasteiger partial charge in [0.15, 0.2) is 0 Å². The topological polar surface area (TPSA) is 39.7 Å². The van der Waals surface area contributed by atoms with Crippen LogP contribution in [0.25, 0.3) is 0 Å². The first-order chi connectivity index (χ1) is 8.59. The predicted octanol–water partition coefficient (Wildman–Crippen LogP) is 1.83. The van der Waals surface area contributed by atoms with Gasteiger partial charge in [-0.3, -0.25) is 0 Å². The van der Waals surface area contributed by atoms with E-state index >= 15 is 0 Å². The van der Waals surface area contributed by atoms with Crippen LogP contribution in [0.5, 0.6) is 0 Å². The molecule has 0 radical (unpaired) electrons. The van der Waals surface area contributed by atoms with Crippen LogP contribution in [0.4, 0.5) is 0 Å². The molecule has 0 aromatic carbocycles. The van der Waals surface area contributed by atoms with Gasteiger partial charge in [0, 0.05) is 13.2 Å². The van der Waals surface area contributed by atoms with Gasteiger partial charge in [-0.2, -0.15) is 0 Å². The second-order valence-corrected chi connectivity index (χ2v) is 5.82. The smallest absolute Gasteiger partial charge is 0.0734 e. The van der Waals surface area contributed by atoms with Gasteiger partial charge in [0.05, 0.1) is 32.5 Å². The molecule has 1 N–H and O–H groups in total. The molecule has 1 fully saturated rings. The molecule has 0 aromatic rings. The fourth-order valence-electron chi connectivity index (χ4n) is 2.53. The van der Waals surface area contributed by atoms with Crippen LogP contribution in [0.1, 0.15) is 33.1 Å². The van der Waals surface area contributed by atoms with Crippen LogP contribution in [0.15, 0.2) is 0 Å². The second-order valence-electron chi connectivity index (χ2n) is 5.82. The first-order valence-electron chi connectivity index (χ1n) is 6.94. The number of nitrogens with one attached hydrogen (secondary N) is 1. The Hall–Kier alpha value is -0.160. The summed E-state index contributed by atoms with van der Waals surface area (Å²) < 4.78 is 16.3. The van der Waals surface area contributed by atoms with Crippen molar-refractivity contribution in [1.82, 2.24) is 5.32 Å². The Balaban J connectivity index is 2.20. The number of hydrogen-bond donors (Lipinski definition) is 1. The summed E-state index contributed by atoms with van der Waals surface area (Å²) in [5.74, 6) is 0. The van der Waals surface area contributed by atoms with E-state index in [-0.39, 0.29) is 0 Å². The van der Waals surface area contributed by atoms with Crippen LogP contribution in [0.2, 0.25) is 0 Å². The van der Waals surface area contributed by atoms with Crippen molar-refractivity contribution in [3.05, 3.63) is 0 Å². The lowest BCUT2D eigenvalue weighted by Crippen LogP contribution is -2.46. The normalized spacial score (nSPS) is 27.3. The molecule has 2 atom stereocenters. The van der Waals surface area contributed by atoms with Crippen molar-refractivity contribution in [2.75, 3.05) is 40.6 Å². The lowest BCUT2D eigenvalue weighted by molar-refractivity contribution is -0.0515. The Bertz CT molecular complexity index is 221. The average Bonchev–Trinajstić information content (AvgIpc) is 2.33. The fraction of sp³-hybridized carbons (Fsp3) is 1.00. The van der Waals surface area contributed by atoms with Gasteiger partial charge in [0.25, 0.3) is 0 Å². The first-order valence-corrected chi connectivity index (χ1v) is 6.94. The van der Waals surface area contributed by atoms with Crippen LogP contribution in [0, 0.1) is 5.41 Å². The van der Waals surface area contributed by atoms with E-state index in [9.17, 15) is 0 Å². The van der Waals surface area contributed by atoms with E-state index < -0.39 is 0 Å². The highest BCUT2D eigenvalue weighted by molar-refractivity contribution is 4.89. The minimum absolute atomic E-state index is 0.310. The average molecular weight is 259 g/mol. The molecular weight excluding hydrogens is 230 g/mol. The SMILES string of the molecule is CNC1CCC(C)(C)CC1OCCOCCOC. The monoisotopic (exact) mass is 259 g/mol. The summed E-state index contributed by atoms with van der Waals surface area (Å²) in [6.45, 7) is 7.26. The summed E-state index contributed by atoms with van der Waals surface area (Å²) in [6, 6.07) is 0.483. The maximum atomic E-state index is 5.97. The highest BCUT2D eigenvalue weighted by atomic mass is 16.5. The molecule has 108 valence electrons. The van der Waals surface area contributed by atoms with E-state index in [2.05, 4.69) is 19.2 Å². The molecule has 4 heteroatoms. The first kappa shape index (κ1) is 15.9. The summed E-state index contributed by atoms with van der Waals surface area (Å²) in [5.41, 5.74) is 0.398. The zero-order chi connectivity index (χ0) is 13.4. The van der Waals surface area contributed by atoms with Crippen LogP contribution in [-0.2, 0) is 14.2 Å². The molecule has 0 saturated heterocycles. The van der Waals surface area contributed by atoms with Crippen LogP contribution in [-0.4, -0.2) is 52.7 Å². The molecule has 1 saturated carbocycles. The second kappa shape index (κ2) is 8.10. The van der Waals surface area contributed by atoms with Crippen LogP contribution < -0.4 is 5.32 Å². The molecule has 1 rings (SSSR count). The minimum atomic E-state index is 0.310. The van der Waals surface area contributed by atoms with E-state index in [1.54, 1.807) is 7.11 Å². The van der Waals surface area contributed by atoms with Crippen LogP contribution in [0.3, 0.4) is 0 Å². The van der Waals surface area contributed by atoms with Gasteiger partial charge in [0.1, 0.15) is 0 Å². The van der Waals surface area contributed by atoms with Gasteiger partial charge in [-0.1, -0.05) is 13.8 Å². The lowest BCUT2D eigenvalue weighted by Gasteiger charge is -2.40. The van der Waals surface area contributed by atoms with E-state index in [4.69, 9.17) is 14.2 Å². The van der Waals surface area contributed by atoms with Crippen molar-refractivity contribution in [2.45, 2.75) is 45.3 Å². The number of likely N-dealkylation sites (N-methyl/N-ethyl adjacent to an activating group) is 1. The van der Waals surface area contributed by atoms with Gasteiger partial charge in [-0.05, 0) is 31.7 Å². The van der Waals surface area contributed by atoms with E-state index in [0.29, 0.717) is 44.0 Å². The van der Waals surface area contributed by atoms with Crippen LogP contribution >= 0.6 is 0 Å². The molecule has 0 spiro atoms. The Morgan fingerprint density at radius 1 is 1.17 bits per heavy atom. The lowest BCUT2D eigenvalue weighted by atomic mass is 9.74. The number of rotatable bonds is 8. The highest BCUT2D eigenvalue weighted by Gasteiger charge is 2.34. The van der Waals surface area contributed by atoms with Gasteiger partial charge in [-0.15, -0.1) is 0 Å². The van der Waals surface area contributed by atoms with Crippen molar-refractivity contribution in [3.8, 4) is 0 Å². The molecule has 0 amide bonds. The van der Waals surface area contributed by atoms with Gasteiger partial charge in [0.2, 0.25) is 0 Å². The quantitative estimate of drug-likeness (QED) is 0.675. The third kappa shape index (κ3) is 5.65. The number of hydrogen-bond acceptors (Lipinski definition) is 4. The van der Waals surface area contributed by atoms with Crippen molar-refractivity contribution < 1.29 is 14.2 Å². The molecule has 4 nitrogen and oxygen atoms in total. The predicted molar refractivity (Wildman–Crippen MR) is 72.9 cm³/mol. The molecule has 2 unspecified atom stereocenters. The standard InChI is InChI=1S/C14H29NO3/c1-14(2)6-5-12(15-3)13(11-14)18-10-9-17-8-7-16-4/h12-13,15H,5-11H2,1-4H3. The van der Waals surface area contributed by atoms with Crippen molar-refractivity contribution in [2.24, 2.45) is 5.41 Å². The van der Waals surface area contributed by atoms with Gasteiger partial charge < -0.3 is 19.5 Å². The maximum absolute atomic E-state index is 5.97. The third-order valence-electron chi connectivity index (χ3n) is 3.70. The summed E-state index contributed by atoms with van der Waals surface area (Å²) in [5, 5.41) is 3.37. The molecule has 1 aliphatic carbocycles. The van der Waals surface area contributed by atoms with Crippen molar-refractivity contribution in [1.29, 1.82) is 0 Å². The summed E-state index contributed by atoms with van der Waals surface area (Å²) in [7, 11) is 3.70. The minimum Gasteiger partial charge on any atom is -0.382 e. The summed E-state index contributed by atoms with van der Waals surface area (Å²) in [4.78, 5) is 0. The molecule has 0 heterocycles. The van der Waals surface area contributed by atoms with E-state index in [1.807, 2.05) is 7.05 Å². The Kier molecular flexibility index (Phi) is 7.15. The van der Waals surface area contributed by atoms with Crippen molar-refractivity contribution in [3.63, 3.8) is 0 Å². The summed E-state index contributed by atoms with van der Waals surface area (Å²) in [6.07, 6.45) is 3.89. The third-order valence-corrected chi connectivity index (χ3v) is 3.70. The zero-order valence-corrected chi connectivity index (χ0v) is 12.3. The Morgan fingerprint density at radius 3 is 2.56 bits per heavy atom. The zero-order valence-electron chi connectivity index (χ0n) is 12.3. The number of ether oxygens (including phenoxy) is 3. The molecule has 0 bridgehead atoms. The molecule has 0 aromatic heterocycles. The fourth-order valence-corrected chi connectivity index (χ4v) is 2.53. The molecule has 18 heavy (non-hydrogen) atoms. The molecular formula is C14H29NO3. The largest absolute Gasteiger partial charge is 0.382 e. The Morgan fingerprint density at radius 2 is 1.89 bits per heavy atom. The van der Waals surface area contributed by atoms with Crippen molar-refractivity contribution >= 4 is 0 Å². The van der Waals surface area contributed by atoms with E-state index in [0.717, 1.165) is 6.42 Å². The maximum Gasteiger partial charge on any atom is 0.0734 e. The van der Waals surface area contributed by atoms with Gasteiger partial charge >= 0.3 is 0 Å². The molecule has 1 aliphatic rings. The van der Waals surface area contributed by atoms with Gasteiger partial charge in [-0.25, -0.2) is 0 Å². The highest BCUT2D eigenvalue weighted by Crippen LogP contribution is 2.36. The van der Waals surface area contributed by atoms with E-state index in [1.165, 1.54) is 12.8 Å². The Labute approximate surface area is 111 Å². The summed E-state index contributed by atoms with van der Waals surface area (Å²) >= 11 is 0. The molecule has 0 aliphatic heterocycles. The number of methoxy groups -OCH3 is 1.